The quantitative estimate of drug-likeness (QED) is 0.701. The number of nitriles is 1. The zero-order valence-corrected chi connectivity index (χ0v) is 12.8. The molecule has 3 nitrogen and oxygen atoms in total. The van der Waals surface area contributed by atoms with Crippen LogP contribution in [0.2, 0.25) is 0 Å². The molecule has 2 rings (SSSR count). The van der Waals surface area contributed by atoms with Crippen LogP contribution in [0.3, 0.4) is 0 Å². The van der Waals surface area contributed by atoms with Crippen LogP contribution >= 0.6 is 0 Å². The molecule has 2 aromatic carbocycles. The van der Waals surface area contributed by atoms with Gasteiger partial charge >= 0.3 is 0 Å². The van der Waals surface area contributed by atoms with E-state index in [1.54, 1.807) is 18.2 Å². The molecule has 5 heteroatoms. The van der Waals surface area contributed by atoms with Crippen molar-refractivity contribution in [3.8, 4) is 17.6 Å². The van der Waals surface area contributed by atoms with Gasteiger partial charge in [0.1, 0.15) is 18.4 Å². The Kier molecular flexibility index (Phi) is 5.93. The molecule has 0 bridgehead atoms. The molecule has 0 radical (unpaired) electrons. The molecule has 0 aromatic heterocycles. The summed E-state index contributed by atoms with van der Waals surface area (Å²) in [6, 6.07) is 11.3. The van der Waals surface area contributed by atoms with E-state index < -0.39 is 11.6 Å². The van der Waals surface area contributed by atoms with Crippen LogP contribution in [-0.4, -0.2) is 6.61 Å². The van der Waals surface area contributed by atoms with Crippen molar-refractivity contribution in [1.29, 1.82) is 5.26 Å². The first-order valence-electron chi connectivity index (χ1n) is 7.38. The minimum atomic E-state index is -1.19. The van der Waals surface area contributed by atoms with Gasteiger partial charge in [0.15, 0.2) is 11.6 Å². The predicted molar refractivity (Wildman–Crippen MR) is 82.3 cm³/mol. The van der Waals surface area contributed by atoms with Crippen molar-refractivity contribution in [3.05, 3.63) is 59.2 Å². The average molecular weight is 317 g/mol. The molecular formula is C18H17F2NO2. The number of rotatable bonds is 7. The van der Waals surface area contributed by atoms with E-state index >= 15 is 0 Å². The summed E-state index contributed by atoms with van der Waals surface area (Å²) in [5, 5.41) is 8.64. The van der Waals surface area contributed by atoms with Crippen LogP contribution in [0.25, 0.3) is 0 Å². The molecule has 0 spiro atoms. The molecule has 0 aliphatic rings. The molecule has 0 saturated carbocycles. The Bertz CT molecular complexity index is 693. The number of benzene rings is 2. The SMILES string of the molecule is CCCCOc1ccc(COc2ccc(C#N)c(F)c2F)cc1. The third-order valence-corrected chi connectivity index (χ3v) is 3.25. The Labute approximate surface area is 134 Å². The number of unbranched alkanes of at least 4 members (excludes halogenated alkanes) is 1. The third kappa shape index (κ3) is 4.43. The van der Waals surface area contributed by atoms with E-state index in [4.69, 9.17) is 14.7 Å². The Morgan fingerprint density at radius 2 is 1.74 bits per heavy atom. The van der Waals surface area contributed by atoms with Gasteiger partial charge in [-0.1, -0.05) is 25.5 Å². The standard InChI is InChI=1S/C18H17F2NO2/c1-2-3-10-22-15-7-4-13(5-8-15)12-23-16-9-6-14(11-21)17(19)18(16)20/h4-9H,2-3,10,12H2,1H3. The van der Waals surface area contributed by atoms with E-state index in [-0.39, 0.29) is 17.9 Å². The van der Waals surface area contributed by atoms with Crippen molar-refractivity contribution in [3.63, 3.8) is 0 Å². The molecule has 0 atom stereocenters. The zero-order chi connectivity index (χ0) is 16.7. The van der Waals surface area contributed by atoms with Gasteiger partial charge in [0.2, 0.25) is 5.82 Å². The van der Waals surface area contributed by atoms with Crippen LogP contribution in [0.15, 0.2) is 36.4 Å². The summed E-state index contributed by atoms with van der Waals surface area (Å²) in [4.78, 5) is 0. The summed E-state index contributed by atoms with van der Waals surface area (Å²) < 4.78 is 38.0. The number of ether oxygens (including phenoxy) is 2. The van der Waals surface area contributed by atoms with Crippen molar-refractivity contribution < 1.29 is 18.3 Å². The van der Waals surface area contributed by atoms with Crippen LogP contribution in [0.5, 0.6) is 11.5 Å². The smallest absolute Gasteiger partial charge is 0.202 e. The molecular weight excluding hydrogens is 300 g/mol. The van der Waals surface area contributed by atoms with E-state index in [2.05, 4.69) is 6.92 Å². The number of hydrogen-bond acceptors (Lipinski definition) is 3. The van der Waals surface area contributed by atoms with Gasteiger partial charge in [0.05, 0.1) is 12.2 Å². The Hall–Kier alpha value is -2.61. The fourth-order valence-electron chi connectivity index (χ4n) is 1.91. The second-order valence-corrected chi connectivity index (χ2v) is 4.99. The summed E-state index contributed by atoms with van der Waals surface area (Å²) in [5.74, 6) is -1.80. The van der Waals surface area contributed by atoms with Crippen molar-refractivity contribution in [2.75, 3.05) is 6.61 Å². The highest BCUT2D eigenvalue weighted by molar-refractivity contribution is 5.38. The summed E-state index contributed by atoms with van der Waals surface area (Å²) in [6.45, 7) is 2.86. The van der Waals surface area contributed by atoms with Gasteiger partial charge in [-0.3, -0.25) is 0 Å². The van der Waals surface area contributed by atoms with Crippen molar-refractivity contribution >= 4 is 0 Å². The highest BCUT2D eigenvalue weighted by atomic mass is 19.2. The summed E-state index contributed by atoms with van der Waals surface area (Å²) in [6.07, 6.45) is 2.06. The number of halogens is 2. The molecule has 0 heterocycles. The van der Waals surface area contributed by atoms with Gasteiger partial charge in [0, 0.05) is 0 Å². The van der Waals surface area contributed by atoms with E-state index in [0.29, 0.717) is 6.61 Å². The summed E-state index contributed by atoms with van der Waals surface area (Å²) >= 11 is 0. The van der Waals surface area contributed by atoms with Crippen LogP contribution in [0.1, 0.15) is 30.9 Å². The number of nitrogens with zero attached hydrogens (tertiary/aromatic N) is 1. The van der Waals surface area contributed by atoms with E-state index in [1.165, 1.54) is 12.1 Å². The van der Waals surface area contributed by atoms with Crippen molar-refractivity contribution in [2.45, 2.75) is 26.4 Å². The fourth-order valence-corrected chi connectivity index (χ4v) is 1.91. The van der Waals surface area contributed by atoms with E-state index in [0.717, 1.165) is 24.2 Å². The van der Waals surface area contributed by atoms with E-state index in [9.17, 15) is 8.78 Å². The molecule has 120 valence electrons. The maximum Gasteiger partial charge on any atom is 0.202 e. The maximum atomic E-state index is 13.7. The molecule has 0 saturated heterocycles. The molecule has 23 heavy (non-hydrogen) atoms. The van der Waals surface area contributed by atoms with Crippen LogP contribution < -0.4 is 9.47 Å². The molecule has 0 fully saturated rings. The first-order chi connectivity index (χ1) is 11.2. The van der Waals surface area contributed by atoms with Gasteiger partial charge in [-0.15, -0.1) is 0 Å². The molecule has 0 aliphatic carbocycles. The first kappa shape index (κ1) is 16.8. The van der Waals surface area contributed by atoms with Crippen molar-refractivity contribution in [2.24, 2.45) is 0 Å². The van der Waals surface area contributed by atoms with E-state index in [1.807, 2.05) is 12.1 Å². The lowest BCUT2D eigenvalue weighted by atomic mass is 10.2. The van der Waals surface area contributed by atoms with Crippen LogP contribution in [0.4, 0.5) is 8.78 Å². The Morgan fingerprint density at radius 1 is 1.00 bits per heavy atom. The number of hydrogen-bond donors (Lipinski definition) is 0. The molecule has 0 amide bonds. The second-order valence-electron chi connectivity index (χ2n) is 4.99. The Balaban J connectivity index is 1.96. The zero-order valence-electron chi connectivity index (χ0n) is 12.8. The highest BCUT2D eigenvalue weighted by Crippen LogP contribution is 2.23. The Morgan fingerprint density at radius 3 is 2.39 bits per heavy atom. The molecule has 2 aromatic rings. The topological polar surface area (TPSA) is 42.2 Å². The molecule has 0 N–H and O–H groups in total. The molecule has 0 aliphatic heterocycles. The molecule has 0 unspecified atom stereocenters. The fraction of sp³-hybridized carbons (Fsp3) is 0.278. The van der Waals surface area contributed by atoms with Gasteiger partial charge in [0.25, 0.3) is 0 Å². The highest BCUT2D eigenvalue weighted by Gasteiger charge is 2.14. The van der Waals surface area contributed by atoms with Gasteiger partial charge in [-0.2, -0.15) is 9.65 Å². The normalized spacial score (nSPS) is 10.2. The largest absolute Gasteiger partial charge is 0.494 e. The van der Waals surface area contributed by atoms with Crippen molar-refractivity contribution in [1.82, 2.24) is 0 Å². The monoisotopic (exact) mass is 317 g/mol. The van der Waals surface area contributed by atoms with Gasteiger partial charge < -0.3 is 9.47 Å². The van der Waals surface area contributed by atoms with Crippen LogP contribution in [0, 0.1) is 23.0 Å². The predicted octanol–water partition coefficient (Wildman–Crippen LogP) is 4.59. The minimum absolute atomic E-state index is 0.0947. The minimum Gasteiger partial charge on any atom is -0.494 e. The van der Waals surface area contributed by atoms with Crippen LogP contribution in [-0.2, 0) is 6.61 Å². The van der Waals surface area contributed by atoms with Gasteiger partial charge in [-0.25, -0.2) is 4.39 Å². The first-order valence-corrected chi connectivity index (χ1v) is 7.38. The maximum absolute atomic E-state index is 13.7. The third-order valence-electron chi connectivity index (χ3n) is 3.25. The lowest BCUT2D eigenvalue weighted by Gasteiger charge is -2.09. The lowest BCUT2D eigenvalue weighted by molar-refractivity contribution is 0.283. The second kappa shape index (κ2) is 8.14. The summed E-state index contributed by atoms with van der Waals surface area (Å²) in [5.41, 5.74) is 0.459. The van der Waals surface area contributed by atoms with Gasteiger partial charge in [-0.05, 0) is 36.2 Å². The summed E-state index contributed by atoms with van der Waals surface area (Å²) in [7, 11) is 0. The lowest BCUT2D eigenvalue weighted by Crippen LogP contribution is -2.01. The average Bonchev–Trinajstić information content (AvgIpc) is 2.58.